The standard InChI is InChI=1S/C19H14O4/c1-11-9-15(18(20)21)17(16(10-11)19(22)23)14-8-4-6-12-5-2-3-7-13(12)14/h2-10H,1H3,(H,20,21)(H,22,23). The van der Waals surface area contributed by atoms with Crippen LogP contribution in [0.3, 0.4) is 0 Å². The van der Waals surface area contributed by atoms with Crippen molar-refractivity contribution < 1.29 is 19.8 Å². The first-order valence-corrected chi connectivity index (χ1v) is 7.08. The van der Waals surface area contributed by atoms with E-state index in [2.05, 4.69) is 0 Å². The molecule has 0 amide bonds. The quantitative estimate of drug-likeness (QED) is 0.760. The molecule has 0 spiro atoms. The third kappa shape index (κ3) is 2.55. The van der Waals surface area contributed by atoms with Gasteiger partial charge in [-0.25, -0.2) is 9.59 Å². The zero-order valence-electron chi connectivity index (χ0n) is 12.4. The summed E-state index contributed by atoms with van der Waals surface area (Å²) < 4.78 is 0. The van der Waals surface area contributed by atoms with Gasteiger partial charge in [0.05, 0.1) is 11.1 Å². The Morgan fingerprint density at radius 2 is 1.39 bits per heavy atom. The summed E-state index contributed by atoms with van der Waals surface area (Å²) in [7, 11) is 0. The van der Waals surface area contributed by atoms with Crippen LogP contribution in [0.2, 0.25) is 0 Å². The zero-order chi connectivity index (χ0) is 16.6. The molecule has 0 unspecified atom stereocenters. The summed E-state index contributed by atoms with van der Waals surface area (Å²) in [5.41, 5.74) is 1.45. The summed E-state index contributed by atoms with van der Waals surface area (Å²) in [4.78, 5) is 23.3. The molecule has 0 aliphatic heterocycles. The number of aryl methyl sites for hydroxylation is 1. The fourth-order valence-electron chi connectivity index (χ4n) is 2.86. The molecular weight excluding hydrogens is 292 g/mol. The van der Waals surface area contributed by atoms with E-state index in [1.807, 2.05) is 30.3 Å². The van der Waals surface area contributed by atoms with Crippen molar-refractivity contribution in [1.29, 1.82) is 0 Å². The SMILES string of the molecule is Cc1cc(C(=O)O)c(-c2cccc3ccccc23)c(C(=O)O)c1. The normalized spacial score (nSPS) is 10.7. The molecule has 0 radical (unpaired) electrons. The van der Waals surface area contributed by atoms with Crippen LogP contribution in [0, 0.1) is 6.92 Å². The summed E-state index contributed by atoms with van der Waals surface area (Å²) in [6, 6.07) is 16.0. The maximum Gasteiger partial charge on any atom is 0.336 e. The summed E-state index contributed by atoms with van der Waals surface area (Å²) in [6.07, 6.45) is 0. The molecule has 3 aromatic rings. The summed E-state index contributed by atoms with van der Waals surface area (Å²) >= 11 is 0. The van der Waals surface area contributed by atoms with Crippen molar-refractivity contribution in [2.75, 3.05) is 0 Å². The Hall–Kier alpha value is -3.14. The van der Waals surface area contributed by atoms with Gasteiger partial charge in [0.2, 0.25) is 0 Å². The van der Waals surface area contributed by atoms with Gasteiger partial charge < -0.3 is 10.2 Å². The predicted octanol–water partition coefficient (Wildman–Crippen LogP) is 4.21. The van der Waals surface area contributed by atoms with E-state index < -0.39 is 11.9 Å². The predicted molar refractivity (Wildman–Crippen MR) is 88.0 cm³/mol. The largest absolute Gasteiger partial charge is 0.478 e. The molecule has 0 bridgehead atoms. The topological polar surface area (TPSA) is 74.6 Å². The average molecular weight is 306 g/mol. The van der Waals surface area contributed by atoms with Crippen LogP contribution in [0.15, 0.2) is 54.6 Å². The number of carboxylic acid groups (broad SMARTS) is 2. The van der Waals surface area contributed by atoms with Gasteiger partial charge in [-0.3, -0.25) is 0 Å². The van der Waals surface area contributed by atoms with E-state index in [-0.39, 0.29) is 16.7 Å². The molecule has 4 heteroatoms. The molecule has 3 rings (SSSR count). The first-order chi connectivity index (χ1) is 11.0. The van der Waals surface area contributed by atoms with Crippen LogP contribution < -0.4 is 0 Å². The molecule has 0 aliphatic carbocycles. The summed E-state index contributed by atoms with van der Waals surface area (Å²) in [5, 5.41) is 20.8. The number of carbonyl (C=O) groups is 2. The molecule has 0 aromatic heterocycles. The van der Waals surface area contributed by atoms with Gasteiger partial charge in [0.15, 0.2) is 0 Å². The van der Waals surface area contributed by atoms with Crippen molar-refractivity contribution in [2.24, 2.45) is 0 Å². The highest BCUT2D eigenvalue weighted by Crippen LogP contribution is 2.34. The number of rotatable bonds is 3. The minimum absolute atomic E-state index is 0.00115. The van der Waals surface area contributed by atoms with Gasteiger partial charge in [-0.1, -0.05) is 42.5 Å². The Kier molecular flexibility index (Phi) is 3.58. The molecule has 0 fully saturated rings. The number of hydrogen-bond acceptors (Lipinski definition) is 2. The van der Waals surface area contributed by atoms with Crippen molar-refractivity contribution in [1.82, 2.24) is 0 Å². The maximum absolute atomic E-state index is 11.7. The third-order valence-electron chi connectivity index (χ3n) is 3.80. The molecule has 4 nitrogen and oxygen atoms in total. The van der Waals surface area contributed by atoms with Crippen molar-refractivity contribution in [3.8, 4) is 11.1 Å². The lowest BCUT2D eigenvalue weighted by atomic mass is 9.89. The van der Waals surface area contributed by atoms with E-state index in [4.69, 9.17) is 0 Å². The van der Waals surface area contributed by atoms with Crippen molar-refractivity contribution >= 4 is 22.7 Å². The molecule has 2 N–H and O–H groups in total. The summed E-state index contributed by atoms with van der Waals surface area (Å²) in [6.45, 7) is 1.69. The van der Waals surface area contributed by atoms with E-state index >= 15 is 0 Å². The Bertz CT molecular complexity index is 901. The lowest BCUT2D eigenvalue weighted by Crippen LogP contribution is -2.08. The van der Waals surface area contributed by atoms with Gasteiger partial charge in [0, 0.05) is 5.56 Å². The first kappa shape index (κ1) is 14.8. The van der Waals surface area contributed by atoms with Gasteiger partial charge >= 0.3 is 11.9 Å². The molecule has 114 valence electrons. The van der Waals surface area contributed by atoms with Gasteiger partial charge in [-0.2, -0.15) is 0 Å². The van der Waals surface area contributed by atoms with E-state index in [1.165, 1.54) is 12.1 Å². The second-order valence-electron chi connectivity index (χ2n) is 5.37. The van der Waals surface area contributed by atoms with Crippen molar-refractivity contribution in [3.05, 3.63) is 71.3 Å². The summed E-state index contributed by atoms with van der Waals surface area (Å²) in [5.74, 6) is -2.28. The second kappa shape index (κ2) is 5.57. The number of aromatic carboxylic acids is 2. The van der Waals surface area contributed by atoms with Crippen LogP contribution >= 0.6 is 0 Å². The Morgan fingerprint density at radius 3 is 2.00 bits per heavy atom. The fourth-order valence-corrected chi connectivity index (χ4v) is 2.86. The van der Waals surface area contributed by atoms with Crippen molar-refractivity contribution in [2.45, 2.75) is 6.92 Å². The molecule has 0 atom stereocenters. The van der Waals surface area contributed by atoms with E-state index in [9.17, 15) is 19.8 Å². The molecule has 0 saturated heterocycles. The third-order valence-corrected chi connectivity index (χ3v) is 3.80. The minimum Gasteiger partial charge on any atom is -0.478 e. The molecule has 0 aliphatic rings. The van der Waals surface area contributed by atoms with Crippen LogP contribution in [0.1, 0.15) is 26.3 Å². The monoisotopic (exact) mass is 306 g/mol. The smallest absolute Gasteiger partial charge is 0.336 e. The van der Waals surface area contributed by atoms with E-state index in [0.717, 1.165) is 10.8 Å². The molecular formula is C19H14O4. The highest BCUT2D eigenvalue weighted by molar-refractivity contribution is 6.10. The lowest BCUT2D eigenvalue weighted by Gasteiger charge is -2.14. The van der Waals surface area contributed by atoms with Crippen LogP contribution in [0.25, 0.3) is 21.9 Å². The minimum atomic E-state index is -1.14. The van der Waals surface area contributed by atoms with E-state index in [0.29, 0.717) is 11.1 Å². The Balaban J connectivity index is 2.47. The zero-order valence-corrected chi connectivity index (χ0v) is 12.4. The number of fused-ring (bicyclic) bond motifs is 1. The fraction of sp³-hybridized carbons (Fsp3) is 0.0526. The number of hydrogen-bond donors (Lipinski definition) is 2. The molecule has 0 saturated carbocycles. The average Bonchev–Trinajstić information content (AvgIpc) is 2.53. The van der Waals surface area contributed by atoms with Crippen LogP contribution in [-0.2, 0) is 0 Å². The van der Waals surface area contributed by atoms with Gasteiger partial charge in [-0.05, 0) is 41.0 Å². The Labute approximate surface area is 132 Å². The number of carboxylic acids is 2. The number of benzene rings is 3. The Morgan fingerprint density at radius 1 is 0.826 bits per heavy atom. The molecule has 3 aromatic carbocycles. The van der Waals surface area contributed by atoms with Crippen LogP contribution in [0.5, 0.6) is 0 Å². The molecule has 23 heavy (non-hydrogen) atoms. The first-order valence-electron chi connectivity index (χ1n) is 7.08. The van der Waals surface area contributed by atoms with Crippen LogP contribution in [-0.4, -0.2) is 22.2 Å². The van der Waals surface area contributed by atoms with Gasteiger partial charge in [0.25, 0.3) is 0 Å². The van der Waals surface area contributed by atoms with Crippen LogP contribution in [0.4, 0.5) is 0 Å². The van der Waals surface area contributed by atoms with Gasteiger partial charge in [0.1, 0.15) is 0 Å². The van der Waals surface area contributed by atoms with Crippen molar-refractivity contribution in [3.63, 3.8) is 0 Å². The lowest BCUT2D eigenvalue weighted by molar-refractivity contribution is 0.0696. The second-order valence-corrected chi connectivity index (χ2v) is 5.37. The highest BCUT2D eigenvalue weighted by atomic mass is 16.4. The highest BCUT2D eigenvalue weighted by Gasteiger charge is 2.22. The molecule has 0 heterocycles. The van der Waals surface area contributed by atoms with E-state index in [1.54, 1.807) is 19.1 Å². The van der Waals surface area contributed by atoms with Gasteiger partial charge in [-0.15, -0.1) is 0 Å². The maximum atomic E-state index is 11.7.